The van der Waals surface area contributed by atoms with E-state index in [4.69, 9.17) is 15.0 Å². The second-order valence-corrected chi connectivity index (χ2v) is 8.76. The number of rotatable bonds is 3. The van der Waals surface area contributed by atoms with Crippen molar-refractivity contribution >= 4 is 27.9 Å². The Morgan fingerprint density at radius 1 is 0.839 bits per heavy atom. The molecule has 6 nitrogen and oxygen atoms in total. The molecule has 0 bridgehead atoms. The van der Waals surface area contributed by atoms with Gasteiger partial charge in [0.25, 0.3) is 0 Å². The Morgan fingerprint density at radius 3 is 2.48 bits per heavy atom. The first-order valence-electron chi connectivity index (χ1n) is 11.1. The molecule has 0 amide bonds. The lowest BCUT2D eigenvalue weighted by Gasteiger charge is -2.22. The molecule has 160 valence electrons. The zero-order chi connectivity index (χ0) is 21.5. The third kappa shape index (κ3) is 3.76. The minimum absolute atomic E-state index is 0.859. The minimum atomic E-state index is 0.859. The number of para-hydroxylation sites is 2. The van der Waals surface area contributed by atoms with Crippen LogP contribution in [0.4, 0.5) is 5.95 Å². The van der Waals surface area contributed by atoms with Crippen molar-refractivity contribution in [2.24, 2.45) is 7.05 Å². The maximum Gasteiger partial charge on any atom is 0.226 e. The fourth-order valence-corrected chi connectivity index (χ4v) is 4.53. The first-order chi connectivity index (χ1) is 15.0. The predicted molar refractivity (Wildman–Crippen MR) is 127 cm³/mol. The number of benzene rings is 2. The zero-order valence-electron chi connectivity index (χ0n) is 18.9. The summed E-state index contributed by atoms with van der Waals surface area (Å²) in [5.74, 6) is 1.98. The first-order valence-corrected chi connectivity index (χ1v) is 11.1. The van der Waals surface area contributed by atoms with E-state index in [0.29, 0.717) is 0 Å². The van der Waals surface area contributed by atoms with Crippen LogP contribution in [-0.4, -0.2) is 50.6 Å². The number of imidazole rings is 1. The molecular formula is C25H30N6. The van der Waals surface area contributed by atoms with Crippen LogP contribution in [0.3, 0.4) is 0 Å². The third-order valence-corrected chi connectivity index (χ3v) is 6.61. The van der Waals surface area contributed by atoms with Gasteiger partial charge in [-0.3, -0.25) is 4.90 Å². The molecule has 0 saturated carbocycles. The summed E-state index contributed by atoms with van der Waals surface area (Å²) in [6.07, 6.45) is 1.09. The molecule has 0 unspecified atom stereocenters. The molecule has 31 heavy (non-hydrogen) atoms. The maximum absolute atomic E-state index is 4.94. The zero-order valence-corrected chi connectivity index (χ0v) is 18.9. The summed E-state index contributed by atoms with van der Waals surface area (Å²) in [4.78, 5) is 19.5. The Hall–Kier alpha value is -2.99. The Labute approximate surface area is 183 Å². The molecule has 1 fully saturated rings. The SMILES string of the molecule is Cc1cc2nc(N3CCCN(Cc4nc5ccccc5n4C)CC3)nc(C)c2cc1C. The van der Waals surface area contributed by atoms with Gasteiger partial charge in [0.2, 0.25) is 5.95 Å². The van der Waals surface area contributed by atoms with Crippen molar-refractivity contribution in [3.05, 3.63) is 59.0 Å². The van der Waals surface area contributed by atoms with Crippen molar-refractivity contribution in [1.82, 2.24) is 24.4 Å². The summed E-state index contributed by atoms with van der Waals surface area (Å²) in [6.45, 7) is 11.2. The van der Waals surface area contributed by atoms with Gasteiger partial charge in [-0.25, -0.2) is 15.0 Å². The lowest BCUT2D eigenvalue weighted by molar-refractivity contribution is 0.276. The van der Waals surface area contributed by atoms with Crippen molar-refractivity contribution in [2.75, 3.05) is 31.1 Å². The van der Waals surface area contributed by atoms with E-state index in [-0.39, 0.29) is 0 Å². The van der Waals surface area contributed by atoms with E-state index >= 15 is 0 Å². The highest BCUT2D eigenvalue weighted by Crippen LogP contribution is 2.24. The van der Waals surface area contributed by atoms with Crippen LogP contribution in [0.5, 0.6) is 0 Å². The van der Waals surface area contributed by atoms with E-state index in [2.05, 4.69) is 78.6 Å². The highest BCUT2D eigenvalue weighted by molar-refractivity contribution is 5.83. The molecule has 2 aromatic carbocycles. The summed E-state index contributed by atoms with van der Waals surface area (Å²) in [5.41, 5.74) is 6.94. The van der Waals surface area contributed by atoms with E-state index < -0.39 is 0 Å². The number of fused-ring (bicyclic) bond motifs is 2. The lowest BCUT2D eigenvalue weighted by atomic mass is 10.1. The second-order valence-electron chi connectivity index (χ2n) is 8.76. The van der Waals surface area contributed by atoms with Crippen LogP contribution in [0.15, 0.2) is 36.4 Å². The quantitative estimate of drug-likeness (QED) is 0.504. The Morgan fingerprint density at radius 2 is 1.65 bits per heavy atom. The first kappa shape index (κ1) is 19.9. The molecule has 0 spiro atoms. The molecule has 4 aromatic rings. The molecule has 0 radical (unpaired) electrons. The van der Waals surface area contributed by atoms with Gasteiger partial charge in [0.1, 0.15) is 5.82 Å². The number of aryl methyl sites for hydroxylation is 4. The lowest BCUT2D eigenvalue weighted by Crippen LogP contribution is -2.32. The smallest absolute Gasteiger partial charge is 0.226 e. The maximum atomic E-state index is 4.94. The van der Waals surface area contributed by atoms with Gasteiger partial charge < -0.3 is 9.47 Å². The van der Waals surface area contributed by atoms with E-state index in [1.807, 2.05) is 0 Å². The number of hydrogen-bond acceptors (Lipinski definition) is 5. The van der Waals surface area contributed by atoms with Crippen LogP contribution in [0.25, 0.3) is 21.9 Å². The molecule has 2 aromatic heterocycles. The van der Waals surface area contributed by atoms with Gasteiger partial charge in [0, 0.05) is 38.6 Å². The van der Waals surface area contributed by atoms with E-state index in [0.717, 1.165) is 73.0 Å². The number of aromatic nitrogens is 4. The Balaban J connectivity index is 1.35. The molecular weight excluding hydrogens is 384 g/mol. The fourth-order valence-electron chi connectivity index (χ4n) is 4.53. The predicted octanol–water partition coefficient (Wildman–Crippen LogP) is 4.15. The average molecular weight is 415 g/mol. The van der Waals surface area contributed by atoms with E-state index in [1.165, 1.54) is 16.6 Å². The van der Waals surface area contributed by atoms with Crippen molar-refractivity contribution in [3.8, 4) is 0 Å². The summed E-state index contributed by atoms with van der Waals surface area (Å²) < 4.78 is 2.22. The number of hydrogen-bond donors (Lipinski definition) is 0. The van der Waals surface area contributed by atoms with Crippen molar-refractivity contribution in [1.29, 1.82) is 0 Å². The second kappa shape index (κ2) is 7.93. The number of anilines is 1. The molecule has 0 atom stereocenters. The highest BCUT2D eigenvalue weighted by atomic mass is 15.3. The van der Waals surface area contributed by atoms with Crippen molar-refractivity contribution < 1.29 is 0 Å². The highest BCUT2D eigenvalue weighted by Gasteiger charge is 2.20. The van der Waals surface area contributed by atoms with E-state index in [1.54, 1.807) is 0 Å². The topological polar surface area (TPSA) is 50.1 Å². The van der Waals surface area contributed by atoms with Gasteiger partial charge in [-0.2, -0.15) is 0 Å². The third-order valence-electron chi connectivity index (χ3n) is 6.61. The molecule has 6 heteroatoms. The largest absolute Gasteiger partial charge is 0.339 e. The molecule has 5 rings (SSSR count). The van der Waals surface area contributed by atoms with Crippen LogP contribution >= 0.6 is 0 Å². The Kier molecular flexibility index (Phi) is 5.10. The summed E-state index contributed by atoms with van der Waals surface area (Å²) in [6, 6.07) is 12.8. The molecule has 0 aliphatic carbocycles. The molecule has 1 aliphatic rings. The van der Waals surface area contributed by atoms with Gasteiger partial charge in [-0.1, -0.05) is 12.1 Å². The molecule has 1 saturated heterocycles. The monoisotopic (exact) mass is 414 g/mol. The van der Waals surface area contributed by atoms with Gasteiger partial charge in [0.05, 0.1) is 28.8 Å². The average Bonchev–Trinajstić information content (AvgIpc) is 2.91. The standard InChI is InChI=1S/C25H30N6/c1-17-14-20-19(3)26-25(28-22(20)15-18(17)2)31-11-7-10-30(12-13-31)16-24-27-21-8-5-6-9-23(21)29(24)4/h5-6,8-9,14-15H,7,10-13,16H2,1-4H3. The van der Waals surface area contributed by atoms with Gasteiger partial charge in [-0.15, -0.1) is 0 Å². The van der Waals surface area contributed by atoms with Crippen molar-refractivity contribution in [3.63, 3.8) is 0 Å². The van der Waals surface area contributed by atoms with Gasteiger partial charge in [-0.05, 0) is 62.6 Å². The summed E-state index contributed by atoms with van der Waals surface area (Å²) >= 11 is 0. The van der Waals surface area contributed by atoms with Crippen LogP contribution in [0.2, 0.25) is 0 Å². The van der Waals surface area contributed by atoms with Crippen molar-refractivity contribution in [2.45, 2.75) is 33.7 Å². The molecule has 3 heterocycles. The van der Waals surface area contributed by atoms with E-state index in [9.17, 15) is 0 Å². The van der Waals surface area contributed by atoms with Crippen LogP contribution in [0.1, 0.15) is 29.1 Å². The summed E-state index contributed by atoms with van der Waals surface area (Å²) in [5, 5.41) is 1.16. The van der Waals surface area contributed by atoms with Gasteiger partial charge in [0.15, 0.2) is 0 Å². The van der Waals surface area contributed by atoms with Crippen LogP contribution in [-0.2, 0) is 13.6 Å². The number of nitrogens with zero attached hydrogens (tertiary/aromatic N) is 6. The fraction of sp³-hybridized carbons (Fsp3) is 0.400. The van der Waals surface area contributed by atoms with Crippen LogP contribution < -0.4 is 4.90 Å². The normalized spacial score (nSPS) is 15.7. The van der Waals surface area contributed by atoms with Crippen LogP contribution in [0, 0.1) is 20.8 Å². The molecule has 0 N–H and O–H groups in total. The molecule has 1 aliphatic heterocycles. The summed E-state index contributed by atoms with van der Waals surface area (Å²) in [7, 11) is 2.12. The Bertz CT molecular complexity index is 1260. The minimum Gasteiger partial charge on any atom is -0.339 e. The van der Waals surface area contributed by atoms with Gasteiger partial charge >= 0.3 is 0 Å².